The maximum absolute atomic E-state index is 5.88. The molecule has 0 amide bonds. The van der Waals surface area contributed by atoms with Gasteiger partial charge in [0.25, 0.3) is 0 Å². The predicted octanol–water partition coefficient (Wildman–Crippen LogP) is 2.07. The third-order valence-electron chi connectivity index (χ3n) is 2.24. The van der Waals surface area contributed by atoms with E-state index in [0.29, 0.717) is 11.8 Å². The van der Waals surface area contributed by atoms with Gasteiger partial charge in [0, 0.05) is 6.42 Å². The van der Waals surface area contributed by atoms with Crippen LogP contribution in [0.4, 0.5) is 0 Å². The second-order valence-corrected chi connectivity index (χ2v) is 3.92. The van der Waals surface area contributed by atoms with Crippen LogP contribution in [0.25, 0.3) is 0 Å². The number of nitrogens with zero attached hydrogens (tertiary/aromatic N) is 2. The number of unbranched alkanes of at least 4 members (excludes halogenated alkanes) is 1. The lowest BCUT2D eigenvalue weighted by atomic mass is 10.1. The Kier molecular flexibility index (Phi) is 4.07. The van der Waals surface area contributed by atoms with Crippen molar-refractivity contribution in [2.24, 2.45) is 11.7 Å². The number of rotatable bonds is 5. The van der Waals surface area contributed by atoms with E-state index in [9.17, 15) is 0 Å². The fourth-order valence-corrected chi connectivity index (χ4v) is 1.12. The van der Waals surface area contributed by atoms with E-state index in [1.807, 2.05) is 13.8 Å². The Morgan fingerprint density at radius 1 is 1.43 bits per heavy atom. The zero-order valence-corrected chi connectivity index (χ0v) is 9.16. The van der Waals surface area contributed by atoms with E-state index in [0.717, 1.165) is 25.1 Å². The van der Waals surface area contributed by atoms with Crippen molar-refractivity contribution in [3.63, 3.8) is 0 Å². The molecular weight excluding hydrogens is 178 g/mol. The Bertz CT molecular complexity index is 270. The molecule has 0 saturated carbocycles. The van der Waals surface area contributed by atoms with Gasteiger partial charge in [0.15, 0.2) is 5.82 Å². The van der Waals surface area contributed by atoms with E-state index in [-0.39, 0.29) is 6.04 Å². The van der Waals surface area contributed by atoms with Gasteiger partial charge < -0.3 is 10.3 Å². The summed E-state index contributed by atoms with van der Waals surface area (Å²) in [5, 5.41) is 3.89. The third kappa shape index (κ3) is 2.80. The lowest BCUT2D eigenvalue weighted by Crippen LogP contribution is -2.17. The average Bonchev–Trinajstić information content (AvgIpc) is 2.61. The molecule has 0 fully saturated rings. The van der Waals surface area contributed by atoms with E-state index in [2.05, 4.69) is 17.1 Å². The first kappa shape index (κ1) is 11.2. The number of aryl methyl sites for hydroxylation is 1. The SMILES string of the molecule is CCCCc1noc([C@H](N)C(C)C)n1. The summed E-state index contributed by atoms with van der Waals surface area (Å²) in [6.07, 6.45) is 3.11. The van der Waals surface area contributed by atoms with Crippen molar-refractivity contribution in [2.45, 2.75) is 46.1 Å². The quantitative estimate of drug-likeness (QED) is 0.784. The molecule has 0 unspecified atom stereocenters. The van der Waals surface area contributed by atoms with Crippen molar-refractivity contribution in [2.75, 3.05) is 0 Å². The molecule has 2 N–H and O–H groups in total. The highest BCUT2D eigenvalue weighted by atomic mass is 16.5. The van der Waals surface area contributed by atoms with Crippen LogP contribution in [0.5, 0.6) is 0 Å². The summed E-state index contributed by atoms with van der Waals surface area (Å²) in [6.45, 7) is 6.22. The van der Waals surface area contributed by atoms with Gasteiger partial charge >= 0.3 is 0 Å². The Hall–Kier alpha value is -0.900. The highest BCUT2D eigenvalue weighted by Crippen LogP contribution is 2.16. The zero-order chi connectivity index (χ0) is 10.6. The van der Waals surface area contributed by atoms with Crippen LogP contribution in [0.15, 0.2) is 4.52 Å². The average molecular weight is 197 g/mol. The van der Waals surface area contributed by atoms with Crippen molar-refractivity contribution in [3.05, 3.63) is 11.7 Å². The second-order valence-electron chi connectivity index (χ2n) is 3.92. The summed E-state index contributed by atoms with van der Waals surface area (Å²) in [6, 6.07) is -0.141. The second kappa shape index (κ2) is 5.10. The monoisotopic (exact) mass is 197 g/mol. The van der Waals surface area contributed by atoms with Crippen molar-refractivity contribution < 1.29 is 4.52 Å². The van der Waals surface area contributed by atoms with Crippen LogP contribution in [0.1, 0.15) is 51.4 Å². The number of hydrogen-bond acceptors (Lipinski definition) is 4. The van der Waals surface area contributed by atoms with Crippen LogP contribution in [0.3, 0.4) is 0 Å². The molecule has 0 spiro atoms. The summed E-state index contributed by atoms with van der Waals surface area (Å²) in [5.41, 5.74) is 5.88. The molecule has 1 aromatic heterocycles. The first-order chi connectivity index (χ1) is 6.65. The maximum Gasteiger partial charge on any atom is 0.243 e. The zero-order valence-electron chi connectivity index (χ0n) is 9.16. The lowest BCUT2D eigenvalue weighted by molar-refractivity contribution is 0.322. The van der Waals surface area contributed by atoms with Gasteiger partial charge in [-0.3, -0.25) is 0 Å². The molecule has 0 aliphatic rings. The molecule has 0 radical (unpaired) electrons. The fraction of sp³-hybridized carbons (Fsp3) is 0.800. The van der Waals surface area contributed by atoms with Gasteiger partial charge in [0.05, 0.1) is 6.04 Å². The Morgan fingerprint density at radius 3 is 2.71 bits per heavy atom. The van der Waals surface area contributed by atoms with Crippen molar-refractivity contribution in [1.82, 2.24) is 10.1 Å². The fourth-order valence-electron chi connectivity index (χ4n) is 1.12. The smallest absolute Gasteiger partial charge is 0.243 e. The van der Waals surface area contributed by atoms with Crippen LogP contribution < -0.4 is 5.73 Å². The molecule has 0 bridgehead atoms. The molecule has 1 aromatic rings. The molecule has 4 heteroatoms. The topological polar surface area (TPSA) is 64.9 Å². The van der Waals surface area contributed by atoms with E-state index in [1.54, 1.807) is 0 Å². The minimum atomic E-state index is -0.141. The van der Waals surface area contributed by atoms with Gasteiger partial charge in [-0.2, -0.15) is 4.98 Å². The molecular formula is C10H19N3O. The Labute approximate surface area is 84.9 Å². The van der Waals surface area contributed by atoms with E-state index in [1.165, 1.54) is 0 Å². The van der Waals surface area contributed by atoms with Crippen LogP contribution in [-0.2, 0) is 6.42 Å². The summed E-state index contributed by atoms with van der Waals surface area (Å²) >= 11 is 0. The largest absolute Gasteiger partial charge is 0.338 e. The summed E-state index contributed by atoms with van der Waals surface area (Å²) in [4.78, 5) is 4.27. The van der Waals surface area contributed by atoms with Gasteiger partial charge in [-0.15, -0.1) is 0 Å². The van der Waals surface area contributed by atoms with E-state index >= 15 is 0 Å². The molecule has 80 valence electrons. The predicted molar refractivity (Wildman–Crippen MR) is 54.7 cm³/mol. The van der Waals surface area contributed by atoms with Gasteiger partial charge in [-0.1, -0.05) is 32.3 Å². The summed E-state index contributed by atoms with van der Waals surface area (Å²) in [5.74, 6) is 1.67. The Balaban J connectivity index is 2.58. The molecule has 0 saturated heterocycles. The molecule has 1 atom stereocenters. The van der Waals surface area contributed by atoms with Gasteiger partial charge in [-0.25, -0.2) is 0 Å². The number of nitrogens with two attached hydrogens (primary N) is 1. The normalized spacial score (nSPS) is 13.5. The van der Waals surface area contributed by atoms with Crippen molar-refractivity contribution in [3.8, 4) is 0 Å². The van der Waals surface area contributed by atoms with E-state index < -0.39 is 0 Å². The van der Waals surface area contributed by atoms with Crippen molar-refractivity contribution >= 4 is 0 Å². The lowest BCUT2D eigenvalue weighted by Gasteiger charge is -2.09. The number of aromatic nitrogens is 2. The van der Waals surface area contributed by atoms with Gasteiger partial charge in [-0.05, 0) is 12.3 Å². The first-order valence-electron chi connectivity index (χ1n) is 5.23. The highest BCUT2D eigenvalue weighted by Gasteiger charge is 2.17. The van der Waals surface area contributed by atoms with Crippen LogP contribution in [0, 0.1) is 5.92 Å². The van der Waals surface area contributed by atoms with Crippen LogP contribution in [-0.4, -0.2) is 10.1 Å². The van der Waals surface area contributed by atoms with Crippen LogP contribution >= 0.6 is 0 Å². The van der Waals surface area contributed by atoms with E-state index in [4.69, 9.17) is 10.3 Å². The molecule has 0 aromatic carbocycles. The van der Waals surface area contributed by atoms with Crippen LogP contribution in [0.2, 0.25) is 0 Å². The first-order valence-corrected chi connectivity index (χ1v) is 5.23. The molecule has 0 aliphatic heterocycles. The maximum atomic E-state index is 5.88. The van der Waals surface area contributed by atoms with Gasteiger partial charge in [0.1, 0.15) is 0 Å². The summed E-state index contributed by atoms with van der Waals surface area (Å²) < 4.78 is 5.10. The standard InChI is InChI=1S/C10H19N3O/c1-4-5-6-8-12-10(14-13-8)9(11)7(2)3/h7,9H,4-6,11H2,1-3H3/t9-/m1/s1. The number of hydrogen-bond donors (Lipinski definition) is 1. The molecule has 4 nitrogen and oxygen atoms in total. The van der Waals surface area contributed by atoms with Gasteiger partial charge in [0.2, 0.25) is 5.89 Å². The van der Waals surface area contributed by atoms with Crippen molar-refractivity contribution in [1.29, 1.82) is 0 Å². The third-order valence-corrected chi connectivity index (χ3v) is 2.24. The highest BCUT2D eigenvalue weighted by molar-refractivity contribution is 4.92. The Morgan fingerprint density at radius 2 is 2.14 bits per heavy atom. The molecule has 1 rings (SSSR count). The molecule has 0 aliphatic carbocycles. The molecule has 14 heavy (non-hydrogen) atoms. The molecule has 1 heterocycles. The minimum Gasteiger partial charge on any atom is -0.338 e. The summed E-state index contributed by atoms with van der Waals surface area (Å²) in [7, 11) is 0. The minimum absolute atomic E-state index is 0.141.